The van der Waals surface area contributed by atoms with E-state index < -0.39 is 35.2 Å². The highest BCUT2D eigenvalue weighted by Crippen LogP contribution is 2.28. The summed E-state index contributed by atoms with van der Waals surface area (Å²) in [7, 11) is 0. The van der Waals surface area contributed by atoms with Gasteiger partial charge in [0, 0.05) is 12.5 Å². The second-order valence-electron chi connectivity index (χ2n) is 3.32. The summed E-state index contributed by atoms with van der Waals surface area (Å²) < 4.78 is 25.8. The van der Waals surface area contributed by atoms with Gasteiger partial charge in [0.05, 0.1) is 11.5 Å². The van der Waals surface area contributed by atoms with Gasteiger partial charge < -0.3 is 10.8 Å². The minimum atomic E-state index is -3.11. The number of hydrogen-bond donors (Lipinski definition) is 2. The van der Waals surface area contributed by atoms with Crippen LogP contribution in [0.5, 0.6) is 5.75 Å². The van der Waals surface area contributed by atoms with Crippen molar-refractivity contribution in [3.05, 3.63) is 33.9 Å². The summed E-state index contributed by atoms with van der Waals surface area (Å²) in [5.74, 6) is -3.66. The van der Waals surface area contributed by atoms with Crippen LogP contribution in [-0.2, 0) is 6.42 Å². The number of nitro benzene ring substituents is 1. The summed E-state index contributed by atoms with van der Waals surface area (Å²) in [6.07, 6.45) is -0.690. The number of phenolic OH excluding ortho intramolecular Hbond substituents is 1. The molecule has 0 radical (unpaired) electrons. The Bertz CT molecular complexity index is 410. The number of halogens is 2. The van der Waals surface area contributed by atoms with Gasteiger partial charge in [0.2, 0.25) is 0 Å². The zero-order valence-electron chi connectivity index (χ0n) is 8.19. The molecular formula is C9H10F2N2O3. The van der Waals surface area contributed by atoms with E-state index in [4.69, 9.17) is 10.8 Å². The fraction of sp³-hybridized carbons (Fsp3) is 0.333. The molecule has 5 nitrogen and oxygen atoms in total. The van der Waals surface area contributed by atoms with Crippen LogP contribution in [0, 0.1) is 10.1 Å². The van der Waals surface area contributed by atoms with Gasteiger partial charge >= 0.3 is 5.69 Å². The third-order valence-electron chi connectivity index (χ3n) is 2.00. The normalized spacial score (nSPS) is 11.4. The molecule has 16 heavy (non-hydrogen) atoms. The molecule has 1 rings (SSSR count). The smallest absolute Gasteiger partial charge is 0.310 e. The molecule has 3 N–H and O–H groups in total. The molecule has 1 aromatic carbocycles. The lowest BCUT2D eigenvalue weighted by atomic mass is 10.1. The molecule has 0 fully saturated rings. The van der Waals surface area contributed by atoms with Gasteiger partial charge in [0.1, 0.15) is 0 Å². The molecule has 0 unspecified atom stereocenters. The molecule has 0 aliphatic carbocycles. The van der Waals surface area contributed by atoms with Crippen LogP contribution in [0.1, 0.15) is 5.56 Å². The minimum absolute atomic E-state index is 0.0555. The third-order valence-corrected chi connectivity index (χ3v) is 2.00. The maximum atomic E-state index is 12.9. The zero-order valence-corrected chi connectivity index (χ0v) is 8.19. The summed E-state index contributed by atoms with van der Waals surface area (Å²) in [4.78, 5) is 9.61. The van der Waals surface area contributed by atoms with E-state index in [1.807, 2.05) is 0 Å². The molecule has 1 aromatic rings. The van der Waals surface area contributed by atoms with Crippen molar-refractivity contribution in [2.24, 2.45) is 5.73 Å². The molecule has 0 spiro atoms. The Labute approximate surface area is 89.6 Å². The van der Waals surface area contributed by atoms with E-state index in [0.717, 1.165) is 12.1 Å². The monoisotopic (exact) mass is 232 g/mol. The maximum absolute atomic E-state index is 12.9. The number of aromatic hydroxyl groups is 1. The van der Waals surface area contributed by atoms with Gasteiger partial charge in [-0.15, -0.1) is 0 Å². The quantitative estimate of drug-likeness (QED) is 0.607. The number of phenols is 1. The van der Waals surface area contributed by atoms with E-state index in [2.05, 4.69) is 0 Å². The van der Waals surface area contributed by atoms with Gasteiger partial charge in [-0.3, -0.25) is 10.1 Å². The van der Waals surface area contributed by atoms with Crippen molar-refractivity contribution in [3.63, 3.8) is 0 Å². The van der Waals surface area contributed by atoms with Crippen molar-refractivity contribution in [1.29, 1.82) is 0 Å². The number of alkyl halides is 2. The minimum Gasteiger partial charge on any atom is -0.502 e. The number of benzene rings is 1. The average Bonchev–Trinajstić information content (AvgIpc) is 2.20. The van der Waals surface area contributed by atoms with Crippen molar-refractivity contribution in [2.75, 3.05) is 6.54 Å². The molecule has 88 valence electrons. The van der Waals surface area contributed by atoms with Crippen LogP contribution < -0.4 is 5.73 Å². The number of hydrogen-bond acceptors (Lipinski definition) is 4. The van der Waals surface area contributed by atoms with Crippen molar-refractivity contribution in [3.8, 4) is 5.75 Å². The second-order valence-corrected chi connectivity index (χ2v) is 3.32. The molecule has 7 heteroatoms. The molecule has 0 bridgehead atoms. The van der Waals surface area contributed by atoms with Crippen LogP contribution in [0.4, 0.5) is 14.5 Å². The van der Waals surface area contributed by atoms with Crippen molar-refractivity contribution < 1.29 is 18.8 Å². The van der Waals surface area contributed by atoms with Gasteiger partial charge in [-0.2, -0.15) is 0 Å². The molecule has 0 heterocycles. The Balaban J connectivity index is 3.00. The van der Waals surface area contributed by atoms with Crippen molar-refractivity contribution in [2.45, 2.75) is 12.3 Å². The molecule has 0 saturated heterocycles. The highest BCUT2D eigenvalue weighted by atomic mass is 19.3. The van der Waals surface area contributed by atoms with E-state index in [0.29, 0.717) is 0 Å². The second kappa shape index (κ2) is 4.40. The van der Waals surface area contributed by atoms with Crippen LogP contribution in [0.2, 0.25) is 0 Å². The summed E-state index contributed by atoms with van der Waals surface area (Å²) in [5, 5.41) is 19.5. The molecule has 0 amide bonds. The Morgan fingerprint density at radius 2 is 2.12 bits per heavy atom. The van der Waals surface area contributed by atoms with Gasteiger partial charge in [-0.25, -0.2) is 8.78 Å². The summed E-state index contributed by atoms with van der Waals surface area (Å²) >= 11 is 0. The molecular weight excluding hydrogens is 222 g/mol. The largest absolute Gasteiger partial charge is 0.502 e. The van der Waals surface area contributed by atoms with E-state index in [1.54, 1.807) is 0 Å². The van der Waals surface area contributed by atoms with E-state index in [9.17, 15) is 18.9 Å². The number of nitrogens with zero attached hydrogens (tertiary/aromatic N) is 1. The van der Waals surface area contributed by atoms with Gasteiger partial charge in [0.15, 0.2) is 5.75 Å². The summed E-state index contributed by atoms with van der Waals surface area (Å²) in [6, 6.07) is 3.13. The Kier molecular flexibility index (Phi) is 3.38. The third kappa shape index (κ3) is 2.86. The summed E-state index contributed by atoms with van der Waals surface area (Å²) in [6.45, 7) is -0.832. The molecule has 0 saturated carbocycles. The lowest BCUT2D eigenvalue weighted by Crippen LogP contribution is -2.30. The maximum Gasteiger partial charge on any atom is 0.310 e. The first kappa shape index (κ1) is 12.3. The highest BCUT2D eigenvalue weighted by molar-refractivity contribution is 5.47. The average molecular weight is 232 g/mol. The lowest BCUT2D eigenvalue weighted by molar-refractivity contribution is -0.385. The SMILES string of the molecule is NCC(F)(F)Cc1ccc(O)c([N+](=O)[O-])c1. The van der Waals surface area contributed by atoms with E-state index >= 15 is 0 Å². The van der Waals surface area contributed by atoms with E-state index in [-0.39, 0.29) is 5.56 Å². The standard InChI is InChI=1S/C9H10F2N2O3/c10-9(11,5-12)4-6-1-2-8(14)7(3-6)13(15)16/h1-3,14H,4-5,12H2. The Morgan fingerprint density at radius 3 is 2.62 bits per heavy atom. The van der Waals surface area contributed by atoms with Gasteiger partial charge in [0.25, 0.3) is 5.92 Å². The number of nitrogens with two attached hydrogens (primary N) is 1. The van der Waals surface area contributed by atoms with Crippen molar-refractivity contribution in [1.82, 2.24) is 0 Å². The van der Waals surface area contributed by atoms with Gasteiger partial charge in [-0.1, -0.05) is 6.07 Å². The molecule has 0 aliphatic heterocycles. The molecule has 0 aromatic heterocycles. The summed E-state index contributed by atoms with van der Waals surface area (Å²) in [5.41, 5.74) is 4.31. The van der Waals surface area contributed by atoms with E-state index in [1.165, 1.54) is 6.07 Å². The van der Waals surface area contributed by atoms with Crippen LogP contribution in [0.25, 0.3) is 0 Å². The number of rotatable bonds is 4. The van der Waals surface area contributed by atoms with Crippen LogP contribution >= 0.6 is 0 Å². The van der Waals surface area contributed by atoms with Gasteiger partial charge in [-0.05, 0) is 11.6 Å². The van der Waals surface area contributed by atoms with Crippen LogP contribution in [0.15, 0.2) is 18.2 Å². The first-order valence-electron chi connectivity index (χ1n) is 4.40. The van der Waals surface area contributed by atoms with Crippen LogP contribution in [-0.4, -0.2) is 22.5 Å². The number of nitro groups is 1. The Hall–Kier alpha value is -1.76. The lowest BCUT2D eigenvalue weighted by Gasteiger charge is -2.13. The fourth-order valence-electron chi connectivity index (χ4n) is 1.20. The first-order chi connectivity index (χ1) is 7.35. The molecule has 0 aliphatic rings. The highest BCUT2D eigenvalue weighted by Gasteiger charge is 2.28. The topological polar surface area (TPSA) is 89.4 Å². The Morgan fingerprint density at radius 1 is 1.50 bits per heavy atom. The fourth-order valence-corrected chi connectivity index (χ4v) is 1.20. The molecule has 0 atom stereocenters. The van der Waals surface area contributed by atoms with Crippen molar-refractivity contribution >= 4 is 5.69 Å². The van der Waals surface area contributed by atoms with Crippen LogP contribution in [0.3, 0.4) is 0 Å². The predicted molar refractivity (Wildman–Crippen MR) is 52.5 cm³/mol. The predicted octanol–water partition coefficient (Wildman–Crippen LogP) is 1.44. The first-order valence-corrected chi connectivity index (χ1v) is 4.40. The zero-order chi connectivity index (χ0) is 12.3.